The van der Waals surface area contributed by atoms with Crippen LogP contribution in [-0.2, 0) is 19.5 Å². The molecule has 0 fully saturated rings. The van der Waals surface area contributed by atoms with Gasteiger partial charge in [-0.3, -0.25) is 0 Å². The molecule has 2 rings (SSSR count). The zero-order chi connectivity index (χ0) is 18.1. The Balaban J connectivity index is 0.00000338. The smallest absolute Gasteiger partial charge is 0.191 e. The third-order valence-electron chi connectivity index (χ3n) is 4.32. The zero-order valence-electron chi connectivity index (χ0n) is 16.2. The molecule has 0 aliphatic heterocycles. The summed E-state index contributed by atoms with van der Waals surface area (Å²) in [6.07, 6.45) is 3.72. The number of nitrogens with one attached hydrogen (secondary N) is 2. The number of hydrogen-bond acceptors (Lipinski definition) is 3. The second-order valence-electron chi connectivity index (χ2n) is 6.27. The van der Waals surface area contributed by atoms with Gasteiger partial charge in [-0.05, 0) is 31.4 Å². The van der Waals surface area contributed by atoms with Gasteiger partial charge in [-0.25, -0.2) is 4.99 Å². The van der Waals surface area contributed by atoms with Gasteiger partial charge in [0.15, 0.2) is 5.96 Å². The molecule has 0 spiro atoms. The first-order valence-corrected chi connectivity index (χ1v) is 9.10. The fourth-order valence-corrected chi connectivity index (χ4v) is 2.47. The third-order valence-corrected chi connectivity index (χ3v) is 4.32. The van der Waals surface area contributed by atoms with E-state index in [9.17, 15) is 0 Å². The highest BCUT2D eigenvalue weighted by Crippen LogP contribution is 2.08. The van der Waals surface area contributed by atoms with Gasteiger partial charge in [-0.1, -0.05) is 38.1 Å². The van der Waals surface area contributed by atoms with Gasteiger partial charge in [0.05, 0.1) is 6.54 Å². The van der Waals surface area contributed by atoms with E-state index < -0.39 is 0 Å². The van der Waals surface area contributed by atoms with Crippen molar-refractivity contribution in [3.05, 3.63) is 47.5 Å². The lowest BCUT2D eigenvalue weighted by Gasteiger charge is -2.17. The maximum Gasteiger partial charge on any atom is 0.191 e. The van der Waals surface area contributed by atoms with Crippen LogP contribution in [0.15, 0.2) is 35.6 Å². The molecule has 0 aliphatic carbocycles. The van der Waals surface area contributed by atoms with Crippen molar-refractivity contribution in [1.29, 1.82) is 0 Å². The molecule has 144 valence electrons. The molecule has 1 heterocycles. The van der Waals surface area contributed by atoms with Gasteiger partial charge < -0.3 is 15.2 Å². The fourth-order valence-electron chi connectivity index (χ4n) is 2.47. The Morgan fingerprint density at radius 3 is 2.73 bits per heavy atom. The van der Waals surface area contributed by atoms with Crippen molar-refractivity contribution in [1.82, 2.24) is 25.4 Å². The molecule has 0 saturated heterocycles. The van der Waals surface area contributed by atoms with Crippen molar-refractivity contribution in [2.24, 2.45) is 4.99 Å². The number of aryl methyl sites for hydroxylation is 2. The van der Waals surface area contributed by atoms with E-state index >= 15 is 0 Å². The topological polar surface area (TPSA) is 67.1 Å². The van der Waals surface area contributed by atoms with Crippen molar-refractivity contribution in [3.8, 4) is 0 Å². The first-order valence-electron chi connectivity index (χ1n) is 9.10. The fraction of sp³-hybridized carbons (Fsp3) is 0.526. The van der Waals surface area contributed by atoms with Gasteiger partial charge in [0.1, 0.15) is 12.2 Å². The van der Waals surface area contributed by atoms with E-state index in [2.05, 4.69) is 77.4 Å². The number of aromatic nitrogens is 3. The Morgan fingerprint density at radius 2 is 2.04 bits per heavy atom. The summed E-state index contributed by atoms with van der Waals surface area (Å²) in [5.74, 6) is 1.86. The highest BCUT2D eigenvalue weighted by Gasteiger charge is 2.06. The molecular formula is C19H31IN6. The molecule has 0 radical (unpaired) electrons. The molecular weight excluding hydrogens is 439 g/mol. The van der Waals surface area contributed by atoms with E-state index in [4.69, 9.17) is 4.99 Å². The summed E-state index contributed by atoms with van der Waals surface area (Å²) < 4.78 is 2.08. The molecule has 26 heavy (non-hydrogen) atoms. The number of rotatable bonds is 8. The average Bonchev–Trinajstić information content (AvgIpc) is 3.08. The quantitative estimate of drug-likeness (QED) is 0.353. The molecule has 2 N–H and O–H groups in total. The van der Waals surface area contributed by atoms with E-state index in [0.29, 0.717) is 12.6 Å². The molecule has 0 saturated carbocycles. The second-order valence-corrected chi connectivity index (χ2v) is 6.27. The van der Waals surface area contributed by atoms with E-state index in [1.807, 2.05) is 0 Å². The minimum atomic E-state index is 0. The van der Waals surface area contributed by atoms with Crippen LogP contribution < -0.4 is 10.6 Å². The molecule has 1 aromatic carbocycles. The lowest BCUT2D eigenvalue weighted by Crippen LogP contribution is -2.43. The predicted molar refractivity (Wildman–Crippen MR) is 118 cm³/mol. The monoisotopic (exact) mass is 470 g/mol. The molecule has 1 unspecified atom stereocenters. The third kappa shape index (κ3) is 6.93. The summed E-state index contributed by atoms with van der Waals surface area (Å²) in [4.78, 5) is 4.76. The van der Waals surface area contributed by atoms with Gasteiger partial charge in [-0.15, -0.1) is 34.2 Å². The van der Waals surface area contributed by atoms with E-state index in [1.54, 1.807) is 6.33 Å². The SMILES string of the molecule is CCc1nncn1CCNC(=NCc1ccccc1C)NC(C)CC.I. The second kappa shape index (κ2) is 11.9. The van der Waals surface area contributed by atoms with Crippen LogP contribution in [0.2, 0.25) is 0 Å². The number of hydrogen-bond donors (Lipinski definition) is 2. The normalized spacial score (nSPS) is 12.4. The average molecular weight is 470 g/mol. The Labute approximate surface area is 173 Å². The maximum absolute atomic E-state index is 4.76. The Morgan fingerprint density at radius 1 is 1.27 bits per heavy atom. The first kappa shape index (κ1) is 22.4. The van der Waals surface area contributed by atoms with Crippen molar-refractivity contribution >= 4 is 29.9 Å². The Kier molecular flexibility index (Phi) is 10.2. The van der Waals surface area contributed by atoms with Crippen molar-refractivity contribution in [2.75, 3.05) is 6.54 Å². The minimum absolute atomic E-state index is 0. The van der Waals surface area contributed by atoms with Crippen LogP contribution in [0.3, 0.4) is 0 Å². The van der Waals surface area contributed by atoms with E-state index in [-0.39, 0.29) is 24.0 Å². The highest BCUT2D eigenvalue weighted by atomic mass is 127. The van der Waals surface area contributed by atoms with Gasteiger partial charge in [0, 0.05) is 25.6 Å². The number of guanidine groups is 1. The van der Waals surface area contributed by atoms with Crippen LogP contribution in [0.25, 0.3) is 0 Å². The maximum atomic E-state index is 4.76. The minimum Gasteiger partial charge on any atom is -0.355 e. The van der Waals surface area contributed by atoms with Crippen molar-refractivity contribution in [2.45, 2.75) is 59.7 Å². The first-order chi connectivity index (χ1) is 12.1. The highest BCUT2D eigenvalue weighted by molar-refractivity contribution is 14.0. The molecule has 0 bridgehead atoms. The van der Waals surface area contributed by atoms with Crippen molar-refractivity contribution < 1.29 is 0 Å². The molecule has 7 heteroatoms. The summed E-state index contributed by atoms with van der Waals surface area (Å²) in [5, 5.41) is 15.0. The van der Waals surface area contributed by atoms with Gasteiger partial charge in [-0.2, -0.15) is 0 Å². The molecule has 0 aliphatic rings. The van der Waals surface area contributed by atoms with Crippen LogP contribution in [0.4, 0.5) is 0 Å². The van der Waals surface area contributed by atoms with E-state index in [0.717, 1.165) is 37.7 Å². The van der Waals surface area contributed by atoms with Crippen LogP contribution in [0, 0.1) is 6.92 Å². The molecule has 1 atom stereocenters. The summed E-state index contributed by atoms with van der Waals surface area (Å²) >= 11 is 0. The Hall–Kier alpha value is -1.64. The Bertz CT molecular complexity index is 682. The van der Waals surface area contributed by atoms with Crippen LogP contribution in [0.5, 0.6) is 0 Å². The summed E-state index contributed by atoms with van der Waals surface area (Å²) in [7, 11) is 0. The summed E-state index contributed by atoms with van der Waals surface area (Å²) in [6.45, 7) is 10.8. The van der Waals surface area contributed by atoms with Gasteiger partial charge >= 0.3 is 0 Å². The van der Waals surface area contributed by atoms with Crippen LogP contribution in [0.1, 0.15) is 44.1 Å². The molecule has 2 aromatic rings. The number of nitrogens with zero attached hydrogens (tertiary/aromatic N) is 4. The number of halogens is 1. The number of benzene rings is 1. The van der Waals surface area contributed by atoms with Gasteiger partial charge in [0.25, 0.3) is 0 Å². The molecule has 1 aromatic heterocycles. The predicted octanol–water partition coefficient (Wildman–Crippen LogP) is 3.30. The van der Waals surface area contributed by atoms with Crippen LogP contribution >= 0.6 is 24.0 Å². The lowest BCUT2D eigenvalue weighted by molar-refractivity contribution is 0.599. The summed E-state index contributed by atoms with van der Waals surface area (Å²) in [5.41, 5.74) is 2.52. The largest absolute Gasteiger partial charge is 0.355 e. The zero-order valence-corrected chi connectivity index (χ0v) is 18.5. The lowest BCUT2D eigenvalue weighted by atomic mass is 10.1. The molecule has 0 amide bonds. The van der Waals surface area contributed by atoms with Crippen LogP contribution in [-0.4, -0.2) is 33.3 Å². The molecule has 6 nitrogen and oxygen atoms in total. The summed E-state index contributed by atoms with van der Waals surface area (Å²) in [6, 6.07) is 8.75. The van der Waals surface area contributed by atoms with E-state index in [1.165, 1.54) is 11.1 Å². The number of aliphatic imine (C=N–C) groups is 1. The standard InChI is InChI=1S/C19H30N6.HI/c1-5-16(4)23-19(21-13-17-10-8-7-9-15(17)3)20-11-12-25-14-22-24-18(25)6-2;/h7-10,14,16H,5-6,11-13H2,1-4H3,(H2,20,21,23);1H. The van der Waals surface area contributed by atoms with Gasteiger partial charge in [0.2, 0.25) is 0 Å². The van der Waals surface area contributed by atoms with Crippen molar-refractivity contribution in [3.63, 3.8) is 0 Å².